The molecule has 16 heteroatoms. The number of nitrogens with zero attached hydrogens (tertiary/aromatic N) is 5. The number of rotatable bonds is 13. The fourth-order valence-corrected chi connectivity index (χ4v) is 6.63. The summed E-state index contributed by atoms with van der Waals surface area (Å²) in [6.45, 7) is 1.69. The molecule has 0 saturated carbocycles. The number of alkyl halides is 3. The fraction of sp³-hybridized carbons (Fsp3) is 0.485. The number of amides is 2. The number of hydrogen-bond acceptors (Lipinski definition) is 9. The quantitative estimate of drug-likeness (QED) is 0.220. The minimum Gasteiger partial charge on any atom is -0.356 e. The molecule has 2 aromatic heterocycles. The highest BCUT2D eigenvalue weighted by Crippen LogP contribution is 2.34. The van der Waals surface area contributed by atoms with Crippen molar-refractivity contribution in [2.45, 2.75) is 63.6 Å². The van der Waals surface area contributed by atoms with Crippen molar-refractivity contribution in [2.75, 3.05) is 41.9 Å². The lowest BCUT2D eigenvalue weighted by Gasteiger charge is -2.34. The molecule has 49 heavy (non-hydrogen) atoms. The van der Waals surface area contributed by atoms with Crippen molar-refractivity contribution in [3.63, 3.8) is 0 Å². The summed E-state index contributed by atoms with van der Waals surface area (Å²) in [5, 5.41) is 5.10. The van der Waals surface area contributed by atoms with Crippen LogP contribution in [0.15, 0.2) is 54.9 Å². The molecule has 5 rings (SSSR count). The molecule has 0 aliphatic carbocycles. The summed E-state index contributed by atoms with van der Waals surface area (Å²) in [5.41, 5.74) is 3.16. The lowest BCUT2D eigenvalue weighted by atomic mass is 9.91. The first-order valence-corrected chi connectivity index (χ1v) is 17.9. The van der Waals surface area contributed by atoms with Crippen LogP contribution in [0.1, 0.15) is 56.3 Å². The normalized spacial score (nSPS) is 17.3. The van der Waals surface area contributed by atoms with Crippen molar-refractivity contribution in [2.24, 2.45) is 5.92 Å². The van der Waals surface area contributed by atoms with E-state index >= 15 is 0 Å². The molecule has 264 valence electrons. The van der Waals surface area contributed by atoms with Crippen LogP contribution >= 0.6 is 0 Å². The summed E-state index contributed by atoms with van der Waals surface area (Å²) in [4.78, 5) is 40.3. The maximum Gasteiger partial charge on any atom is 0.451 e. The Morgan fingerprint density at radius 1 is 0.918 bits per heavy atom. The van der Waals surface area contributed by atoms with Gasteiger partial charge in [0.05, 0.1) is 0 Å². The summed E-state index contributed by atoms with van der Waals surface area (Å²) in [6.07, 6.45) is 3.07. The van der Waals surface area contributed by atoms with Gasteiger partial charge in [-0.1, -0.05) is 24.3 Å². The van der Waals surface area contributed by atoms with E-state index < -0.39 is 39.9 Å². The van der Waals surface area contributed by atoms with Crippen LogP contribution in [0.5, 0.6) is 0 Å². The number of pyridine rings is 1. The van der Waals surface area contributed by atoms with Crippen LogP contribution in [0.25, 0.3) is 11.1 Å². The number of halogens is 3. The van der Waals surface area contributed by atoms with Crippen LogP contribution in [0.2, 0.25) is 0 Å². The highest BCUT2D eigenvalue weighted by atomic mass is 32.2. The number of benzene rings is 1. The van der Waals surface area contributed by atoms with E-state index in [0.29, 0.717) is 71.1 Å². The van der Waals surface area contributed by atoms with E-state index in [4.69, 9.17) is 4.55 Å². The second-order valence-corrected chi connectivity index (χ2v) is 13.8. The van der Waals surface area contributed by atoms with Crippen molar-refractivity contribution >= 4 is 33.6 Å². The van der Waals surface area contributed by atoms with E-state index in [1.807, 2.05) is 36.4 Å². The first-order valence-electron chi connectivity index (χ1n) is 16.3. The summed E-state index contributed by atoms with van der Waals surface area (Å²) in [7, 11) is -4.29. The van der Waals surface area contributed by atoms with Gasteiger partial charge in [-0.3, -0.25) is 19.1 Å². The molecule has 1 aromatic carbocycles. The number of carbonyl (C=O) groups excluding carboxylic acids is 2. The summed E-state index contributed by atoms with van der Waals surface area (Å²) in [6, 6.07) is 12.8. The van der Waals surface area contributed by atoms with Crippen molar-refractivity contribution < 1.29 is 35.7 Å². The van der Waals surface area contributed by atoms with E-state index in [2.05, 4.69) is 25.6 Å². The topological polar surface area (TPSA) is 158 Å². The fourth-order valence-electron chi connectivity index (χ4n) is 6.29. The van der Waals surface area contributed by atoms with E-state index in [1.54, 1.807) is 22.2 Å². The van der Waals surface area contributed by atoms with Crippen LogP contribution in [-0.4, -0.2) is 77.8 Å². The van der Waals surface area contributed by atoms with Gasteiger partial charge in [0.1, 0.15) is 23.6 Å². The van der Waals surface area contributed by atoms with Gasteiger partial charge >= 0.3 is 6.18 Å². The van der Waals surface area contributed by atoms with Crippen molar-refractivity contribution in [3.05, 3.63) is 66.2 Å². The van der Waals surface area contributed by atoms with Gasteiger partial charge in [0, 0.05) is 51.1 Å². The molecule has 3 aromatic rings. The molecular formula is C33H40F3N7O5S. The molecule has 4 heterocycles. The van der Waals surface area contributed by atoms with Crippen LogP contribution in [0.3, 0.4) is 0 Å². The van der Waals surface area contributed by atoms with Gasteiger partial charge in [-0.2, -0.15) is 21.6 Å². The monoisotopic (exact) mass is 703 g/mol. The lowest BCUT2D eigenvalue weighted by molar-refractivity contribution is -0.144. The molecule has 1 atom stereocenters. The average Bonchev–Trinajstić information content (AvgIpc) is 3.58. The van der Waals surface area contributed by atoms with E-state index in [9.17, 15) is 31.2 Å². The predicted octanol–water partition coefficient (Wildman–Crippen LogP) is 4.23. The Balaban J connectivity index is 1.16. The zero-order valence-corrected chi connectivity index (χ0v) is 27.7. The molecule has 2 aliphatic rings. The third-order valence-corrected chi connectivity index (χ3v) is 9.40. The molecule has 2 amide bonds. The predicted molar refractivity (Wildman–Crippen MR) is 177 cm³/mol. The molecule has 0 radical (unpaired) electrons. The van der Waals surface area contributed by atoms with Crippen LogP contribution in [0.4, 0.5) is 24.8 Å². The first kappa shape index (κ1) is 36.0. The number of aromatic nitrogens is 3. The molecule has 2 saturated heterocycles. The smallest absolute Gasteiger partial charge is 0.356 e. The zero-order valence-electron chi connectivity index (χ0n) is 26.9. The van der Waals surface area contributed by atoms with Gasteiger partial charge in [-0.05, 0) is 79.7 Å². The average molecular weight is 704 g/mol. The third-order valence-electron chi connectivity index (χ3n) is 8.89. The maximum atomic E-state index is 14.0. The lowest BCUT2D eigenvalue weighted by Crippen LogP contribution is -2.44. The Hall–Kier alpha value is -4.31. The third kappa shape index (κ3) is 10.3. The van der Waals surface area contributed by atoms with Gasteiger partial charge in [0.2, 0.25) is 17.6 Å². The Bertz CT molecular complexity index is 1690. The standard InChI is InChI=1S/C33H40F3N7O5S/c34-33(35,36)32-40-28(42-19-13-23(14-20-42)3-1-5-30(44)39-22-49(46,47)48)21-29(41-32)43-18-2-4-27(43)31(45)38-17-10-24-6-8-25(9-7-24)26-11-15-37-16-12-26/h6-9,11-12,15-16,21,23,27H,1-5,10,13-14,17-20,22H2,(H,38,45)(H,39,44)(H,46,47,48). The molecule has 1 unspecified atom stereocenters. The zero-order chi connectivity index (χ0) is 35.0. The minimum atomic E-state index is -4.77. The Kier molecular flexibility index (Phi) is 11.7. The van der Waals surface area contributed by atoms with Crippen LogP contribution in [0, 0.1) is 5.92 Å². The van der Waals surface area contributed by atoms with Crippen molar-refractivity contribution in [3.8, 4) is 11.1 Å². The Labute approximate surface area is 283 Å². The molecule has 0 spiro atoms. The maximum absolute atomic E-state index is 14.0. The van der Waals surface area contributed by atoms with E-state index in [1.165, 1.54) is 6.07 Å². The van der Waals surface area contributed by atoms with Crippen LogP contribution in [-0.2, 0) is 32.3 Å². The molecule has 2 aliphatic heterocycles. The van der Waals surface area contributed by atoms with Crippen molar-refractivity contribution in [1.29, 1.82) is 0 Å². The largest absolute Gasteiger partial charge is 0.451 e. The summed E-state index contributed by atoms with van der Waals surface area (Å²) < 4.78 is 72.2. The Morgan fingerprint density at radius 3 is 2.27 bits per heavy atom. The number of piperidine rings is 1. The molecule has 0 bridgehead atoms. The second-order valence-electron chi connectivity index (χ2n) is 12.4. The van der Waals surface area contributed by atoms with Gasteiger partial charge in [0.15, 0.2) is 0 Å². The van der Waals surface area contributed by atoms with Crippen molar-refractivity contribution in [1.82, 2.24) is 25.6 Å². The number of hydrogen-bond donors (Lipinski definition) is 3. The molecular weight excluding hydrogens is 663 g/mol. The molecule has 3 N–H and O–H groups in total. The number of anilines is 2. The minimum absolute atomic E-state index is 0.0692. The first-order chi connectivity index (χ1) is 23.4. The van der Waals surface area contributed by atoms with Gasteiger partial charge in [0.25, 0.3) is 10.1 Å². The number of nitrogens with one attached hydrogen (secondary N) is 2. The summed E-state index contributed by atoms with van der Waals surface area (Å²) >= 11 is 0. The van der Waals surface area contributed by atoms with Gasteiger partial charge in [-0.25, -0.2) is 9.97 Å². The highest BCUT2D eigenvalue weighted by molar-refractivity contribution is 7.85. The molecule has 2 fully saturated rings. The Morgan fingerprint density at radius 2 is 1.59 bits per heavy atom. The SMILES string of the molecule is O=C(CCCC1CCN(c2cc(N3CCCC3C(=O)NCCc3ccc(-c4ccncc4)cc3)nc(C(F)(F)F)n2)CC1)NCS(=O)(=O)O. The van der Waals surface area contributed by atoms with Gasteiger partial charge in [-0.15, -0.1) is 0 Å². The van der Waals surface area contributed by atoms with Crippen LogP contribution < -0.4 is 20.4 Å². The van der Waals surface area contributed by atoms with E-state index in [0.717, 1.165) is 16.7 Å². The van der Waals surface area contributed by atoms with E-state index in [-0.39, 0.29) is 29.9 Å². The molecule has 12 nitrogen and oxygen atoms in total. The number of carbonyl (C=O) groups is 2. The second kappa shape index (κ2) is 15.9. The summed E-state index contributed by atoms with van der Waals surface area (Å²) in [5.74, 6) is -2.37. The highest BCUT2D eigenvalue weighted by Gasteiger charge is 2.39. The van der Waals surface area contributed by atoms with Gasteiger partial charge < -0.3 is 20.4 Å².